The molecule has 0 fully saturated rings. The molecular formula is C20H20N2O5. The first kappa shape index (κ1) is 18.4. The zero-order valence-corrected chi connectivity index (χ0v) is 15.3. The lowest BCUT2D eigenvalue weighted by molar-refractivity contribution is -0.147. The third-order valence-corrected chi connectivity index (χ3v) is 3.97. The molecule has 1 unspecified atom stereocenters. The molecule has 3 aromatic rings. The third kappa shape index (κ3) is 3.92. The van der Waals surface area contributed by atoms with Crippen LogP contribution in [-0.2, 0) is 9.53 Å². The van der Waals surface area contributed by atoms with Crippen LogP contribution in [0.15, 0.2) is 47.3 Å². The minimum atomic E-state index is -0.779. The molecule has 0 spiro atoms. The van der Waals surface area contributed by atoms with E-state index in [9.17, 15) is 9.59 Å². The highest BCUT2D eigenvalue weighted by Crippen LogP contribution is 2.32. The fraction of sp³-hybridized carbons (Fsp3) is 0.250. The zero-order valence-electron chi connectivity index (χ0n) is 15.3. The van der Waals surface area contributed by atoms with E-state index < -0.39 is 12.1 Å². The normalized spacial score (nSPS) is 11.8. The second-order valence-corrected chi connectivity index (χ2v) is 5.81. The summed E-state index contributed by atoms with van der Waals surface area (Å²) in [4.78, 5) is 31.2. The van der Waals surface area contributed by atoms with E-state index in [-0.39, 0.29) is 5.56 Å². The van der Waals surface area contributed by atoms with Crippen LogP contribution in [0, 0.1) is 0 Å². The van der Waals surface area contributed by atoms with Crippen molar-refractivity contribution in [3.8, 4) is 22.9 Å². The highest BCUT2D eigenvalue weighted by atomic mass is 16.6. The second kappa shape index (κ2) is 7.90. The van der Waals surface area contributed by atoms with Gasteiger partial charge in [0.05, 0.1) is 24.6 Å². The van der Waals surface area contributed by atoms with E-state index in [4.69, 9.17) is 9.47 Å². The Hall–Kier alpha value is -3.35. The molecule has 0 aliphatic carbocycles. The molecule has 27 heavy (non-hydrogen) atoms. The number of carbonyl (C=O) groups excluding carboxylic acids is 1. The molecule has 2 aromatic carbocycles. The Morgan fingerprint density at radius 1 is 1.19 bits per heavy atom. The number of hydrogen-bond acceptors (Lipinski definition) is 6. The lowest BCUT2D eigenvalue weighted by atomic mass is 10.1. The quantitative estimate of drug-likeness (QED) is 0.673. The van der Waals surface area contributed by atoms with Crippen molar-refractivity contribution in [2.75, 3.05) is 13.7 Å². The van der Waals surface area contributed by atoms with Crippen molar-refractivity contribution in [1.29, 1.82) is 0 Å². The van der Waals surface area contributed by atoms with Gasteiger partial charge in [0.2, 0.25) is 0 Å². The number of rotatable bonds is 6. The summed E-state index contributed by atoms with van der Waals surface area (Å²) in [6.45, 7) is 3.85. The lowest BCUT2D eigenvalue weighted by Crippen LogP contribution is -2.25. The molecule has 140 valence electrons. The van der Waals surface area contributed by atoms with E-state index in [0.717, 1.165) is 0 Å². The largest absolute Gasteiger partial charge is 0.490 e. The lowest BCUT2D eigenvalue weighted by Gasteiger charge is -2.16. The topological polar surface area (TPSA) is 90.5 Å². The first-order valence-electron chi connectivity index (χ1n) is 8.54. The van der Waals surface area contributed by atoms with Gasteiger partial charge in [-0.2, -0.15) is 0 Å². The van der Waals surface area contributed by atoms with Crippen LogP contribution in [0.2, 0.25) is 0 Å². The number of fused-ring (bicyclic) bond motifs is 1. The van der Waals surface area contributed by atoms with Crippen LogP contribution in [0.1, 0.15) is 13.8 Å². The number of nitrogens with zero attached hydrogens (tertiary/aromatic N) is 1. The molecule has 7 nitrogen and oxygen atoms in total. The summed E-state index contributed by atoms with van der Waals surface area (Å²) in [5.41, 5.74) is 1.06. The summed E-state index contributed by atoms with van der Waals surface area (Å²) < 4.78 is 16.0. The average molecular weight is 368 g/mol. The Kier molecular flexibility index (Phi) is 5.40. The molecule has 7 heteroatoms. The number of hydrogen-bond donors (Lipinski definition) is 1. The third-order valence-electron chi connectivity index (χ3n) is 3.97. The number of benzene rings is 2. The first-order valence-corrected chi connectivity index (χ1v) is 8.54. The Morgan fingerprint density at radius 3 is 2.70 bits per heavy atom. The predicted octanol–water partition coefficient (Wildman–Crippen LogP) is 2.93. The summed E-state index contributed by atoms with van der Waals surface area (Å²) in [5, 5.41) is 0.526. The van der Waals surface area contributed by atoms with Crippen molar-refractivity contribution in [3.05, 3.63) is 52.8 Å². The smallest absolute Gasteiger partial charge is 0.346 e. The number of aromatic nitrogens is 2. The van der Waals surface area contributed by atoms with Gasteiger partial charge in [0.1, 0.15) is 5.82 Å². The van der Waals surface area contributed by atoms with Crippen LogP contribution in [0.25, 0.3) is 22.3 Å². The maximum atomic E-state index is 12.3. The molecule has 0 aliphatic heterocycles. The highest BCUT2D eigenvalue weighted by molar-refractivity contribution is 5.79. The van der Waals surface area contributed by atoms with Crippen LogP contribution in [0.3, 0.4) is 0 Å². The maximum Gasteiger partial charge on any atom is 0.346 e. The summed E-state index contributed by atoms with van der Waals surface area (Å²) in [7, 11) is 1.30. The number of nitrogens with one attached hydrogen (secondary N) is 1. The summed E-state index contributed by atoms with van der Waals surface area (Å²) >= 11 is 0. The van der Waals surface area contributed by atoms with Crippen molar-refractivity contribution >= 4 is 16.9 Å². The molecule has 0 bridgehead atoms. The summed E-state index contributed by atoms with van der Waals surface area (Å²) in [5.74, 6) is 0.789. The zero-order chi connectivity index (χ0) is 19.4. The molecule has 0 saturated heterocycles. The van der Waals surface area contributed by atoms with Crippen LogP contribution in [0.5, 0.6) is 11.5 Å². The van der Waals surface area contributed by atoms with Crippen LogP contribution < -0.4 is 15.0 Å². The Morgan fingerprint density at radius 2 is 1.96 bits per heavy atom. The van der Waals surface area contributed by atoms with E-state index >= 15 is 0 Å². The van der Waals surface area contributed by atoms with Gasteiger partial charge in [0.15, 0.2) is 17.6 Å². The van der Waals surface area contributed by atoms with Gasteiger partial charge in [0, 0.05) is 5.56 Å². The van der Waals surface area contributed by atoms with E-state index in [1.807, 2.05) is 13.0 Å². The minimum absolute atomic E-state index is 0.215. The Bertz CT molecular complexity index is 1030. The fourth-order valence-corrected chi connectivity index (χ4v) is 2.65. The summed E-state index contributed by atoms with van der Waals surface area (Å²) in [6.07, 6.45) is -0.779. The molecule has 0 aliphatic rings. The average Bonchev–Trinajstić information content (AvgIpc) is 2.68. The number of H-pyrrole nitrogens is 1. The molecule has 1 N–H and O–H groups in total. The van der Waals surface area contributed by atoms with Crippen molar-refractivity contribution < 1.29 is 19.0 Å². The number of esters is 1. The molecule has 1 heterocycles. The number of aromatic amines is 1. The van der Waals surface area contributed by atoms with E-state index in [1.165, 1.54) is 7.11 Å². The van der Waals surface area contributed by atoms with Gasteiger partial charge in [-0.15, -0.1) is 0 Å². The van der Waals surface area contributed by atoms with Gasteiger partial charge in [0.25, 0.3) is 5.56 Å². The fourth-order valence-electron chi connectivity index (χ4n) is 2.65. The molecule has 1 atom stereocenters. The molecular weight excluding hydrogens is 348 g/mol. The number of carbonyl (C=O) groups is 1. The molecule has 3 rings (SSSR count). The molecule has 0 amide bonds. The molecule has 0 radical (unpaired) electrons. The SMILES string of the molecule is CCOc1cc(-c2nc3ccccc3c(=O)[nH]2)ccc1OC(C)C(=O)OC. The van der Waals surface area contributed by atoms with Crippen molar-refractivity contribution in [2.24, 2.45) is 0 Å². The van der Waals surface area contributed by atoms with Gasteiger partial charge in [-0.1, -0.05) is 12.1 Å². The number of para-hydroxylation sites is 1. The monoisotopic (exact) mass is 368 g/mol. The van der Waals surface area contributed by atoms with Gasteiger partial charge < -0.3 is 19.2 Å². The molecule has 0 saturated carbocycles. The van der Waals surface area contributed by atoms with Gasteiger partial charge >= 0.3 is 5.97 Å². The highest BCUT2D eigenvalue weighted by Gasteiger charge is 2.18. The maximum absolute atomic E-state index is 12.3. The predicted molar refractivity (Wildman–Crippen MR) is 101 cm³/mol. The Labute approximate surface area is 155 Å². The van der Waals surface area contributed by atoms with Crippen molar-refractivity contribution in [1.82, 2.24) is 9.97 Å². The summed E-state index contributed by atoms with van der Waals surface area (Å²) in [6, 6.07) is 12.3. The van der Waals surface area contributed by atoms with Gasteiger partial charge in [-0.25, -0.2) is 9.78 Å². The van der Waals surface area contributed by atoms with Crippen LogP contribution in [0.4, 0.5) is 0 Å². The van der Waals surface area contributed by atoms with E-state index in [0.29, 0.717) is 40.4 Å². The number of methoxy groups -OCH3 is 1. The van der Waals surface area contributed by atoms with Crippen LogP contribution >= 0.6 is 0 Å². The van der Waals surface area contributed by atoms with Gasteiger partial charge in [-0.05, 0) is 44.2 Å². The van der Waals surface area contributed by atoms with Crippen molar-refractivity contribution in [3.63, 3.8) is 0 Å². The standard InChI is InChI=1S/C20H20N2O5/c1-4-26-17-11-13(9-10-16(17)27-12(2)20(24)25-3)18-21-15-8-6-5-7-14(15)19(23)22-18/h5-12H,4H2,1-3H3,(H,21,22,23). The van der Waals surface area contributed by atoms with Crippen molar-refractivity contribution in [2.45, 2.75) is 20.0 Å². The number of ether oxygens (including phenoxy) is 3. The Balaban J connectivity index is 2.01. The van der Waals surface area contributed by atoms with E-state index in [2.05, 4.69) is 14.7 Å². The minimum Gasteiger partial charge on any atom is -0.490 e. The van der Waals surface area contributed by atoms with Gasteiger partial charge in [-0.3, -0.25) is 4.79 Å². The second-order valence-electron chi connectivity index (χ2n) is 5.81. The van der Waals surface area contributed by atoms with Crippen LogP contribution in [-0.4, -0.2) is 35.8 Å². The van der Waals surface area contributed by atoms with E-state index in [1.54, 1.807) is 43.3 Å². The molecule has 1 aromatic heterocycles. The first-order chi connectivity index (χ1) is 13.0.